The fraction of sp³-hybridized carbons (Fsp3) is 0.154. The van der Waals surface area contributed by atoms with Crippen molar-refractivity contribution < 1.29 is 4.39 Å². The number of aromatic nitrogens is 1. The van der Waals surface area contributed by atoms with Crippen LogP contribution in [0.2, 0.25) is 0 Å². The van der Waals surface area contributed by atoms with E-state index in [2.05, 4.69) is 20.9 Å². The van der Waals surface area contributed by atoms with Gasteiger partial charge < -0.3 is 5.73 Å². The zero-order valence-corrected chi connectivity index (χ0v) is 10.9. The van der Waals surface area contributed by atoms with Gasteiger partial charge in [0.05, 0.1) is 12.2 Å². The van der Waals surface area contributed by atoms with Gasteiger partial charge in [-0.05, 0) is 36.2 Å². The summed E-state index contributed by atoms with van der Waals surface area (Å²) in [6.45, 7) is 1.96. The van der Waals surface area contributed by atoms with Crippen LogP contribution in [-0.2, 0) is 0 Å². The molecule has 1 unspecified atom stereocenters. The van der Waals surface area contributed by atoms with Gasteiger partial charge in [0, 0.05) is 16.2 Å². The van der Waals surface area contributed by atoms with Crippen LogP contribution < -0.4 is 5.73 Å². The Morgan fingerprint density at radius 3 is 2.76 bits per heavy atom. The summed E-state index contributed by atoms with van der Waals surface area (Å²) in [6.07, 6.45) is 2.73. The number of hydrogen-bond acceptors (Lipinski definition) is 2. The van der Waals surface area contributed by atoms with Gasteiger partial charge in [-0.1, -0.05) is 22.0 Å². The number of benzene rings is 1. The smallest absolute Gasteiger partial charge is 0.146 e. The third-order valence-corrected chi connectivity index (χ3v) is 3.21. The zero-order valence-electron chi connectivity index (χ0n) is 9.32. The van der Waals surface area contributed by atoms with Crippen molar-refractivity contribution in [1.82, 2.24) is 4.98 Å². The molecule has 0 fully saturated rings. The number of nitrogens with zero attached hydrogens (tertiary/aromatic N) is 1. The van der Waals surface area contributed by atoms with E-state index in [4.69, 9.17) is 5.73 Å². The lowest BCUT2D eigenvalue weighted by Crippen LogP contribution is -2.15. The first-order valence-electron chi connectivity index (χ1n) is 5.20. The zero-order chi connectivity index (χ0) is 12.4. The van der Waals surface area contributed by atoms with Gasteiger partial charge in [-0.3, -0.25) is 4.98 Å². The van der Waals surface area contributed by atoms with E-state index in [0.29, 0.717) is 5.56 Å². The minimum absolute atomic E-state index is 0.376. The Hall–Kier alpha value is -1.26. The van der Waals surface area contributed by atoms with E-state index in [9.17, 15) is 4.39 Å². The Morgan fingerprint density at radius 2 is 2.06 bits per heavy atom. The number of hydrogen-bond donors (Lipinski definition) is 1. The van der Waals surface area contributed by atoms with Crippen molar-refractivity contribution in [2.75, 3.05) is 0 Å². The predicted octanol–water partition coefficient (Wildman–Crippen LogP) is 3.34. The fourth-order valence-electron chi connectivity index (χ4n) is 1.75. The van der Waals surface area contributed by atoms with Gasteiger partial charge in [0.15, 0.2) is 0 Å². The Morgan fingerprint density at radius 1 is 1.29 bits per heavy atom. The average molecular weight is 295 g/mol. The van der Waals surface area contributed by atoms with Gasteiger partial charge in [0.25, 0.3) is 0 Å². The first-order chi connectivity index (χ1) is 8.09. The van der Waals surface area contributed by atoms with Crippen molar-refractivity contribution in [2.24, 2.45) is 5.73 Å². The van der Waals surface area contributed by atoms with Crippen molar-refractivity contribution in [2.45, 2.75) is 13.0 Å². The van der Waals surface area contributed by atoms with E-state index in [0.717, 1.165) is 15.6 Å². The summed E-state index contributed by atoms with van der Waals surface area (Å²) in [6, 6.07) is 6.95. The normalized spacial score (nSPS) is 12.5. The highest BCUT2D eigenvalue weighted by molar-refractivity contribution is 9.10. The summed E-state index contributed by atoms with van der Waals surface area (Å²) in [7, 11) is 0. The summed E-state index contributed by atoms with van der Waals surface area (Å²) in [5.74, 6) is -0.376. The molecule has 1 heterocycles. The van der Waals surface area contributed by atoms with Crippen LogP contribution in [0.15, 0.2) is 41.1 Å². The third-order valence-electron chi connectivity index (χ3n) is 2.72. The number of aryl methyl sites for hydroxylation is 1. The van der Waals surface area contributed by atoms with E-state index >= 15 is 0 Å². The standard InChI is InChI=1S/C13H12BrFN2/c1-8-2-3-9(14)6-11(8)13(16)10-4-5-17-7-12(10)15/h2-7,13H,16H2,1H3. The molecule has 0 saturated heterocycles. The molecule has 0 aliphatic carbocycles. The van der Waals surface area contributed by atoms with Crippen LogP contribution in [0.3, 0.4) is 0 Å². The summed E-state index contributed by atoms with van der Waals surface area (Å²) in [5, 5.41) is 0. The lowest BCUT2D eigenvalue weighted by molar-refractivity contribution is 0.593. The minimum atomic E-state index is -0.476. The van der Waals surface area contributed by atoms with Crippen LogP contribution >= 0.6 is 15.9 Å². The third kappa shape index (κ3) is 2.53. The second-order valence-electron chi connectivity index (χ2n) is 3.88. The molecule has 0 bridgehead atoms. The Bertz CT molecular complexity index is 543. The Balaban J connectivity index is 2.47. The van der Waals surface area contributed by atoms with Crippen LogP contribution in [0.25, 0.3) is 0 Å². The van der Waals surface area contributed by atoms with Crippen molar-refractivity contribution in [1.29, 1.82) is 0 Å². The highest BCUT2D eigenvalue weighted by atomic mass is 79.9. The number of halogens is 2. The minimum Gasteiger partial charge on any atom is -0.320 e. The van der Waals surface area contributed by atoms with Gasteiger partial charge in [0.2, 0.25) is 0 Å². The maximum atomic E-state index is 13.6. The molecule has 1 aromatic carbocycles. The number of rotatable bonds is 2. The van der Waals surface area contributed by atoms with Crippen LogP contribution in [0.4, 0.5) is 4.39 Å². The fourth-order valence-corrected chi connectivity index (χ4v) is 2.13. The van der Waals surface area contributed by atoms with Crippen LogP contribution in [0, 0.1) is 12.7 Å². The SMILES string of the molecule is Cc1ccc(Br)cc1C(N)c1ccncc1F. The molecular weight excluding hydrogens is 283 g/mol. The van der Waals surface area contributed by atoms with Gasteiger partial charge in [0.1, 0.15) is 5.82 Å². The topological polar surface area (TPSA) is 38.9 Å². The molecule has 0 saturated carbocycles. The quantitative estimate of drug-likeness (QED) is 0.923. The largest absolute Gasteiger partial charge is 0.320 e. The molecule has 2 aromatic rings. The van der Waals surface area contributed by atoms with Gasteiger partial charge >= 0.3 is 0 Å². The average Bonchev–Trinajstić information content (AvgIpc) is 2.32. The molecule has 0 amide bonds. The van der Waals surface area contributed by atoms with E-state index in [1.165, 1.54) is 6.20 Å². The van der Waals surface area contributed by atoms with Gasteiger partial charge in [-0.15, -0.1) is 0 Å². The maximum absolute atomic E-state index is 13.6. The van der Waals surface area contributed by atoms with Crippen molar-refractivity contribution in [3.05, 3.63) is 63.6 Å². The van der Waals surface area contributed by atoms with Crippen LogP contribution in [0.5, 0.6) is 0 Å². The summed E-state index contributed by atoms with van der Waals surface area (Å²) in [5.41, 5.74) is 8.50. The van der Waals surface area contributed by atoms with Crippen LogP contribution in [-0.4, -0.2) is 4.98 Å². The molecule has 1 atom stereocenters. The summed E-state index contributed by atoms with van der Waals surface area (Å²) >= 11 is 3.39. The predicted molar refractivity (Wildman–Crippen MR) is 69.1 cm³/mol. The number of pyridine rings is 1. The first-order valence-corrected chi connectivity index (χ1v) is 6.00. The van der Waals surface area contributed by atoms with Gasteiger partial charge in [-0.2, -0.15) is 0 Å². The molecule has 2 N–H and O–H groups in total. The van der Waals surface area contributed by atoms with E-state index in [1.54, 1.807) is 12.3 Å². The van der Waals surface area contributed by atoms with Crippen molar-refractivity contribution >= 4 is 15.9 Å². The molecule has 1 aromatic heterocycles. The lowest BCUT2D eigenvalue weighted by atomic mass is 9.96. The molecule has 2 nitrogen and oxygen atoms in total. The Labute approximate surface area is 108 Å². The second-order valence-corrected chi connectivity index (χ2v) is 4.79. The van der Waals surface area contributed by atoms with Crippen molar-refractivity contribution in [3.8, 4) is 0 Å². The van der Waals surface area contributed by atoms with Crippen molar-refractivity contribution in [3.63, 3.8) is 0 Å². The molecule has 88 valence electrons. The molecule has 2 rings (SSSR count). The van der Waals surface area contributed by atoms with Gasteiger partial charge in [-0.25, -0.2) is 4.39 Å². The molecule has 17 heavy (non-hydrogen) atoms. The number of nitrogens with two attached hydrogens (primary N) is 1. The Kier molecular flexibility index (Phi) is 3.54. The van der Waals surface area contributed by atoms with Crippen LogP contribution in [0.1, 0.15) is 22.7 Å². The first kappa shape index (κ1) is 12.2. The molecule has 4 heteroatoms. The lowest BCUT2D eigenvalue weighted by Gasteiger charge is -2.16. The highest BCUT2D eigenvalue weighted by Crippen LogP contribution is 2.26. The molecular formula is C13H12BrFN2. The summed E-state index contributed by atoms with van der Waals surface area (Å²) in [4.78, 5) is 3.72. The second kappa shape index (κ2) is 4.94. The molecule has 0 aliphatic rings. The molecule has 0 radical (unpaired) electrons. The monoisotopic (exact) mass is 294 g/mol. The maximum Gasteiger partial charge on any atom is 0.146 e. The molecule has 0 spiro atoms. The van der Waals surface area contributed by atoms with E-state index in [1.807, 2.05) is 25.1 Å². The molecule has 0 aliphatic heterocycles. The summed E-state index contributed by atoms with van der Waals surface area (Å²) < 4.78 is 14.5. The van der Waals surface area contributed by atoms with E-state index in [-0.39, 0.29) is 5.82 Å². The van der Waals surface area contributed by atoms with E-state index < -0.39 is 6.04 Å². The highest BCUT2D eigenvalue weighted by Gasteiger charge is 2.15.